The molecule has 0 bridgehead atoms. The van der Waals surface area contributed by atoms with Gasteiger partial charge in [-0.15, -0.1) is 17.0 Å². The first-order valence-electron chi connectivity index (χ1n) is 6.61. The lowest BCUT2D eigenvalue weighted by molar-refractivity contribution is 0.114. The molecule has 0 amide bonds. The zero-order chi connectivity index (χ0) is 12.4. The molecular formula is C15H19BrN2O. The molecule has 2 aromatic rings. The predicted molar refractivity (Wildman–Crippen MR) is 82.7 cm³/mol. The van der Waals surface area contributed by atoms with Crippen molar-refractivity contribution in [2.24, 2.45) is 0 Å². The average molecular weight is 323 g/mol. The van der Waals surface area contributed by atoms with Crippen molar-refractivity contribution in [2.45, 2.75) is 31.4 Å². The highest BCUT2D eigenvalue weighted by molar-refractivity contribution is 8.93. The van der Waals surface area contributed by atoms with Crippen LogP contribution in [0, 0.1) is 0 Å². The lowest BCUT2D eigenvalue weighted by Gasteiger charge is -2.28. The van der Waals surface area contributed by atoms with Crippen LogP contribution >= 0.6 is 17.0 Å². The van der Waals surface area contributed by atoms with E-state index in [-0.39, 0.29) is 23.0 Å². The first-order chi connectivity index (χ1) is 8.84. The zero-order valence-corrected chi connectivity index (χ0v) is 12.5. The maximum Gasteiger partial charge on any atom is 0.0943 e. The van der Waals surface area contributed by atoms with Crippen LogP contribution in [0.1, 0.15) is 30.9 Å². The number of fused-ring (bicyclic) bond motifs is 1. The van der Waals surface area contributed by atoms with E-state index in [1.807, 2.05) is 30.3 Å². The fourth-order valence-corrected chi connectivity index (χ4v) is 2.65. The van der Waals surface area contributed by atoms with Gasteiger partial charge in [0.2, 0.25) is 0 Å². The summed E-state index contributed by atoms with van der Waals surface area (Å²) < 4.78 is 0. The summed E-state index contributed by atoms with van der Waals surface area (Å²) >= 11 is 0. The Kier molecular flexibility index (Phi) is 4.91. The summed E-state index contributed by atoms with van der Waals surface area (Å²) in [6.07, 6.45) is 4.80. The van der Waals surface area contributed by atoms with Crippen LogP contribution in [0.25, 0.3) is 10.9 Å². The summed E-state index contributed by atoms with van der Waals surface area (Å²) in [6.45, 7) is 1.01. The molecule has 2 heterocycles. The maximum absolute atomic E-state index is 10.4. The Labute approximate surface area is 123 Å². The van der Waals surface area contributed by atoms with Crippen molar-refractivity contribution in [1.29, 1.82) is 0 Å². The molecule has 1 fully saturated rings. The Balaban J connectivity index is 0.00000133. The minimum atomic E-state index is -0.434. The van der Waals surface area contributed by atoms with Crippen LogP contribution in [0.4, 0.5) is 0 Å². The van der Waals surface area contributed by atoms with Crippen molar-refractivity contribution < 1.29 is 5.11 Å². The van der Waals surface area contributed by atoms with E-state index in [0.29, 0.717) is 0 Å². The van der Waals surface area contributed by atoms with E-state index in [9.17, 15) is 5.11 Å². The van der Waals surface area contributed by atoms with Gasteiger partial charge in [0.25, 0.3) is 0 Å². The standard InChI is InChI=1S/C15H18N2O.BrH/c18-15(13-5-1-2-8-16-13)12-7-6-11-4-3-9-17-14(11)10-12;/h3-4,6-7,9-10,13,15-16,18H,1-2,5,8H2;1H. The van der Waals surface area contributed by atoms with E-state index in [2.05, 4.69) is 10.3 Å². The van der Waals surface area contributed by atoms with Gasteiger partial charge in [-0.2, -0.15) is 0 Å². The SMILES string of the molecule is Br.OC(c1ccc2cccnc2c1)C1CCCCN1. The molecule has 2 atom stereocenters. The number of aliphatic hydroxyl groups is 1. The number of aromatic nitrogens is 1. The molecule has 2 unspecified atom stereocenters. The van der Waals surface area contributed by atoms with Crippen LogP contribution < -0.4 is 5.32 Å². The molecule has 102 valence electrons. The van der Waals surface area contributed by atoms with Crippen LogP contribution in [-0.2, 0) is 0 Å². The summed E-state index contributed by atoms with van der Waals surface area (Å²) in [7, 11) is 0. The molecule has 0 radical (unpaired) electrons. The monoisotopic (exact) mass is 322 g/mol. The van der Waals surface area contributed by atoms with Crippen LogP contribution in [0.5, 0.6) is 0 Å². The van der Waals surface area contributed by atoms with Crippen LogP contribution in [0.15, 0.2) is 36.5 Å². The topological polar surface area (TPSA) is 45.2 Å². The highest BCUT2D eigenvalue weighted by Gasteiger charge is 2.22. The second kappa shape index (κ2) is 6.46. The second-order valence-corrected chi connectivity index (χ2v) is 4.96. The van der Waals surface area contributed by atoms with Crippen molar-refractivity contribution in [2.75, 3.05) is 6.54 Å². The summed E-state index contributed by atoms with van der Waals surface area (Å²) in [4.78, 5) is 4.34. The van der Waals surface area contributed by atoms with Gasteiger partial charge in [-0.05, 0) is 37.1 Å². The Morgan fingerprint density at radius 1 is 1.26 bits per heavy atom. The fraction of sp³-hybridized carbons (Fsp3) is 0.400. The molecular weight excluding hydrogens is 304 g/mol. The molecule has 1 aliphatic heterocycles. The van der Waals surface area contributed by atoms with E-state index >= 15 is 0 Å². The van der Waals surface area contributed by atoms with Gasteiger partial charge in [0.1, 0.15) is 0 Å². The number of nitrogens with one attached hydrogen (secondary N) is 1. The third kappa shape index (κ3) is 3.14. The molecule has 0 aliphatic carbocycles. The quantitative estimate of drug-likeness (QED) is 0.893. The first-order valence-corrected chi connectivity index (χ1v) is 6.61. The lowest BCUT2D eigenvalue weighted by atomic mass is 9.94. The number of nitrogens with zero attached hydrogens (tertiary/aromatic N) is 1. The summed E-state index contributed by atoms with van der Waals surface area (Å²) in [5.74, 6) is 0. The Morgan fingerprint density at radius 2 is 2.16 bits per heavy atom. The van der Waals surface area contributed by atoms with Crippen molar-refractivity contribution >= 4 is 27.9 Å². The first kappa shape index (κ1) is 14.4. The third-order valence-electron chi connectivity index (χ3n) is 3.70. The Morgan fingerprint density at radius 3 is 2.95 bits per heavy atom. The van der Waals surface area contributed by atoms with E-state index < -0.39 is 6.10 Å². The molecule has 1 aromatic heterocycles. The number of benzene rings is 1. The van der Waals surface area contributed by atoms with Gasteiger partial charge in [-0.25, -0.2) is 0 Å². The molecule has 2 N–H and O–H groups in total. The number of piperidine rings is 1. The summed E-state index contributed by atoms with van der Waals surface area (Å²) in [5.41, 5.74) is 1.91. The van der Waals surface area contributed by atoms with Crippen LogP contribution in [0.2, 0.25) is 0 Å². The summed E-state index contributed by atoms with van der Waals surface area (Å²) in [6, 6.07) is 10.2. The predicted octanol–water partition coefficient (Wildman–Crippen LogP) is 2.99. The molecule has 0 spiro atoms. The van der Waals surface area contributed by atoms with E-state index in [0.717, 1.165) is 29.4 Å². The number of halogens is 1. The van der Waals surface area contributed by atoms with Crippen LogP contribution in [-0.4, -0.2) is 22.7 Å². The molecule has 0 saturated carbocycles. The molecule has 3 rings (SSSR count). The Hall–Kier alpha value is -0.970. The number of rotatable bonds is 2. The van der Waals surface area contributed by atoms with Gasteiger partial charge in [0.15, 0.2) is 0 Å². The number of aliphatic hydroxyl groups excluding tert-OH is 1. The van der Waals surface area contributed by atoms with Gasteiger partial charge in [-0.1, -0.05) is 24.6 Å². The summed E-state index contributed by atoms with van der Waals surface area (Å²) in [5, 5.41) is 14.9. The molecule has 3 nitrogen and oxygen atoms in total. The normalized spacial score (nSPS) is 20.8. The maximum atomic E-state index is 10.4. The van der Waals surface area contributed by atoms with Crippen molar-refractivity contribution in [3.63, 3.8) is 0 Å². The van der Waals surface area contributed by atoms with E-state index in [1.54, 1.807) is 6.20 Å². The molecule has 1 aliphatic rings. The van der Waals surface area contributed by atoms with E-state index in [1.165, 1.54) is 12.8 Å². The van der Waals surface area contributed by atoms with Gasteiger partial charge >= 0.3 is 0 Å². The average Bonchev–Trinajstić information content (AvgIpc) is 2.47. The zero-order valence-electron chi connectivity index (χ0n) is 10.7. The highest BCUT2D eigenvalue weighted by atomic mass is 79.9. The largest absolute Gasteiger partial charge is 0.387 e. The molecule has 4 heteroatoms. The van der Waals surface area contributed by atoms with Gasteiger partial charge < -0.3 is 10.4 Å². The minimum Gasteiger partial charge on any atom is -0.387 e. The number of hydrogen-bond donors (Lipinski definition) is 2. The smallest absolute Gasteiger partial charge is 0.0943 e. The molecule has 19 heavy (non-hydrogen) atoms. The number of hydrogen-bond acceptors (Lipinski definition) is 3. The van der Waals surface area contributed by atoms with E-state index in [4.69, 9.17) is 0 Å². The third-order valence-corrected chi connectivity index (χ3v) is 3.70. The Bertz CT molecular complexity index is 540. The highest BCUT2D eigenvalue weighted by Crippen LogP contribution is 2.25. The van der Waals surface area contributed by atoms with Crippen molar-refractivity contribution in [3.05, 3.63) is 42.1 Å². The lowest BCUT2D eigenvalue weighted by Crippen LogP contribution is -2.38. The minimum absolute atomic E-state index is 0. The van der Waals surface area contributed by atoms with Gasteiger partial charge in [0, 0.05) is 17.6 Å². The second-order valence-electron chi connectivity index (χ2n) is 4.96. The fourth-order valence-electron chi connectivity index (χ4n) is 2.65. The van der Waals surface area contributed by atoms with Crippen LogP contribution in [0.3, 0.4) is 0 Å². The van der Waals surface area contributed by atoms with Gasteiger partial charge in [-0.3, -0.25) is 4.98 Å². The molecule has 1 saturated heterocycles. The van der Waals surface area contributed by atoms with Crippen molar-refractivity contribution in [3.8, 4) is 0 Å². The van der Waals surface area contributed by atoms with Crippen molar-refractivity contribution in [1.82, 2.24) is 10.3 Å². The number of pyridine rings is 1. The van der Waals surface area contributed by atoms with Gasteiger partial charge in [0.05, 0.1) is 11.6 Å². The molecule has 1 aromatic carbocycles.